The van der Waals surface area contributed by atoms with E-state index in [9.17, 15) is 9.59 Å². The van der Waals surface area contributed by atoms with Crippen LogP contribution in [0.15, 0.2) is 47.5 Å². The number of unbranched alkanes of at least 4 members (excludes halogenated alkanes) is 1. The van der Waals surface area contributed by atoms with Crippen molar-refractivity contribution in [3.63, 3.8) is 0 Å². The summed E-state index contributed by atoms with van der Waals surface area (Å²) < 4.78 is 0. The molecular formula is C23H30N2O2S. The Balaban J connectivity index is 2.09. The maximum absolute atomic E-state index is 12.8. The van der Waals surface area contributed by atoms with Crippen LogP contribution in [0.4, 0.5) is 0 Å². The van der Waals surface area contributed by atoms with E-state index in [4.69, 9.17) is 0 Å². The van der Waals surface area contributed by atoms with Crippen LogP contribution in [0.1, 0.15) is 60.3 Å². The molecule has 0 bridgehead atoms. The number of hydrogen-bond acceptors (Lipinski definition) is 3. The fourth-order valence-electron chi connectivity index (χ4n) is 2.85. The Hall–Kier alpha value is -2.40. The van der Waals surface area contributed by atoms with E-state index in [2.05, 4.69) is 24.5 Å². The van der Waals surface area contributed by atoms with E-state index in [1.807, 2.05) is 36.6 Å². The molecule has 0 aliphatic carbocycles. The zero-order chi connectivity index (χ0) is 20.4. The molecule has 2 amide bonds. The second-order valence-electron chi connectivity index (χ2n) is 7.02. The molecule has 0 saturated heterocycles. The molecule has 1 heterocycles. The van der Waals surface area contributed by atoms with Crippen molar-refractivity contribution in [2.24, 2.45) is 5.92 Å². The molecule has 0 aliphatic rings. The second-order valence-corrected chi connectivity index (χ2v) is 8.00. The monoisotopic (exact) mass is 398 g/mol. The molecule has 0 unspecified atom stereocenters. The van der Waals surface area contributed by atoms with Gasteiger partial charge in [-0.05, 0) is 48.9 Å². The van der Waals surface area contributed by atoms with Crippen LogP contribution in [0, 0.1) is 12.8 Å². The molecule has 0 spiro atoms. The maximum atomic E-state index is 12.8. The van der Waals surface area contributed by atoms with E-state index >= 15 is 0 Å². The van der Waals surface area contributed by atoms with Crippen molar-refractivity contribution in [1.29, 1.82) is 0 Å². The number of carbonyl (C=O) groups is 2. The second kappa shape index (κ2) is 11.4. The quantitative estimate of drug-likeness (QED) is 0.543. The van der Waals surface area contributed by atoms with Crippen LogP contribution < -0.4 is 10.6 Å². The van der Waals surface area contributed by atoms with E-state index in [1.165, 1.54) is 11.3 Å². The predicted octanol–water partition coefficient (Wildman–Crippen LogP) is 5.16. The third-order valence-electron chi connectivity index (χ3n) is 4.73. The Morgan fingerprint density at radius 3 is 2.50 bits per heavy atom. The summed E-state index contributed by atoms with van der Waals surface area (Å²) in [5.74, 6) is -0.0699. The van der Waals surface area contributed by atoms with Gasteiger partial charge in [-0.2, -0.15) is 0 Å². The van der Waals surface area contributed by atoms with Crippen LogP contribution in [0.2, 0.25) is 0 Å². The summed E-state index contributed by atoms with van der Waals surface area (Å²) >= 11 is 1.53. The molecule has 1 aromatic carbocycles. The minimum atomic E-state index is -0.281. The molecule has 2 aromatic rings. The minimum Gasteiger partial charge on any atom is -0.350 e. The van der Waals surface area contributed by atoms with Gasteiger partial charge in [-0.3, -0.25) is 9.59 Å². The summed E-state index contributed by atoms with van der Waals surface area (Å²) in [6.07, 6.45) is 6.18. The van der Waals surface area contributed by atoms with Gasteiger partial charge in [0.25, 0.3) is 11.8 Å². The predicted molar refractivity (Wildman–Crippen MR) is 117 cm³/mol. The van der Waals surface area contributed by atoms with Gasteiger partial charge >= 0.3 is 0 Å². The minimum absolute atomic E-state index is 0.246. The molecular weight excluding hydrogens is 368 g/mol. The number of carbonyl (C=O) groups excluding carboxylic acids is 2. The van der Waals surface area contributed by atoms with Crippen molar-refractivity contribution in [2.45, 2.75) is 46.5 Å². The van der Waals surface area contributed by atoms with Crippen LogP contribution in [-0.2, 0) is 4.79 Å². The Bertz CT molecular complexity index is 779. The third-order valence-corrected chi connectivity index (χ3v) is 5.55. The molecule has 1 atom stereocenters. The fourth-order valence-corrected chi connectivity index (χ4v) is 3.51. The van der Waals surface area contributed by atoms with Crippen LogP contribution in [0.25, 0.3) is 6.08 Å². The molecule has 0 radical (unpaired) electrons. The first-order chi connectivity index (χ1) is 13.5. The van der Waals surface area contributed by atoms with Gasteiger partial charge < -0.3 is 10.6 Å². The summed E-state index contributed by atoms with van der Waals surface area (Å²) in [5, 5.41) is 7.74. The number of thiophene rings is 1. The lowest BCUT2D eigenvalue weighted by molar-refractivity contribution is -0.117. The zero-order valence-corrected chi connectivity index (χ0v) is 17.8. The number of benzene rings is 1. The molecule has 0 aliphatic heterocycles. The van der Waals surface area contributed by atoms with Gasteiger partial charge in [0, 0.05) is 17.0 Å². The average molecular weight is 399 g/mol. The van der Waals surface area contributed by atoms with E-state index in [1.54, 1.807) is 18.2 Å². The van der Waals surface area contributed by atoms with Gasteiger partial charge in [0.15, 0.2) is 0 Å². The molecule has 2 N–H and O–H groups in total. The fraction of sp³-hybridized carbons (Fsp3) is 0.391. The van der Waals surface area contributed by atoms with Gasteiger partial charge in [-0.1, -0.05) is 56.9 Å². The summed E-state index contributed by atoms with van der Waals surface area (Å²) in [6.45, 7) is 6.92. The van der Waals surface area contributed by atoms with Gasteiger partial charge in [-0.25, -0.2) is 0 Å². The van der Waals surface area contributed by atoms with Gasteiger partial charge in [0.05, 0.1) is 0 Å². The summed E-state index contributed by atoms with van der Waals surface area (Å²) in [4.78, 5) is 26.3. The summed E-state index contributed by atoms with van der Waals surface area (Å²) in [7, 11) is 0. The standard InChI is InChI=1S/C23H30N2O2S/c1-4-6-8-18(5-2)16-24-23(27)21(15-20-9-7-14-28-20)25-22(26)19-12-10-17(3)11-13-19/h7,9-15,18H,4-6,8,16H2,1-3H3,(H,24,27)(H,25,26)/b21-15-/t18-/m0/s1. The highest BCUT2D eigenvalue weighted by atomic mass is 32.1. The Labute approximate surface area is 172 Å². The number of amides is 2. The number of hydrogen-bond donors (Lipinski definition) is 2. The van der Waals surface area contributed by atoms with E-state index < -0.39 is 0 Å². The van der Waals surface area contributed by atoms with Crippen molar-refractivity contribution in [3.8, 4) is 0 Å². The molecule has 150 valence electrons. The lowest BCUT2D eigenvalue weighted by Gasteiger charge is -2.16. The lowest BCUT2D eigenvalue weighted by Crippen LogP contribution is -2.37. The SMILES string of the molecule is CCCC[C@H](CC)CNC(=O)/C(=C/c1cccs1)NC(=O)c1ccc(C)cc1. The van der Waals surface area contributed by atoms with Gasteiger partial charge in [-0.15, -0.1) is 11.3 Å². The number of nitrogens with one attached hydrogen (secondary N) is 2. The summed E-state index contributed by atoms with van der Waals surface area (Å²) in [6, 6.07) is 11.2. The molecule has 0 saturated carbocycles. The highest BCUT2D eigenvalue weighted by molar-refractivity contribution is 7.10. The van der Waals surface area contributed by atoms with Crippen LogP contribution >= 0.6 is 11.3 Å². The molecule has 0 fully saturated rings. The number of rotatable bonds is 10. The van der Waals surface area contributed by atoms with Crippen molar-refractivity contribution < 1.29 is 9.59 Å². The van der Waals surface area contributed by atoms with Crippen LogP contribution in [0.3, 0.4) is 0 Å². The van der Waals surface area contributed by atoms with Crippen molar-refractivity contribution in [3.05, 3.63) is 63.5 Å². The average Bonchev–Trinajstić information content (AvgIpc) is 3.21. The van der Waals surface area contributed by atoms with E-state index in [0.717, 1.165) is 36.1 Å². The highest BCUT2D eigenvalue weighted by Gasteiger charge is 2.16. The van der Waals surface area contributed by atoms with Crippen molar-refractivity contribution in [1.82, 2.24) is 10.6 Å². The van der Waals surface area contributed by atoms with Gasteiger partial charge in [0.2, 0.25) is 0 Å². The van der Waals surface area contributed by atoms with Crippen LogP contribution in [-0.4, -0.2) is 18.4 Å². The van der Waals surface area contributed by atoms with E-state index in [-0.39, 0.29) is 17.5 Å². The van der Waals surface area contributed by atoms with E-state index in [0.29, 0.717) is 18.0 Å². The first-order valence-corrected chi connectivity index (χ1v) is 10.8. The van der Waals surface area contributed by atoms with Crippen LogP contribution in [0.5, 0.6) is 0 Å². The molecule has 2 rings (SSSR count). The molecule has 5 heteroatoms. The van der Waals surface area contributed by atoms with Crippen molar-refractivity contribution in [2.75, 3.05) is 6.54 Å². The summed E-state index contributed by atoms with van der Waals surface area (Å²) in [5.41, 5.74) is 1.89. The molecule has 4 nitrogen and oxygen atoms in total. The first kappa shape index (κ1) is 21.9. The Morgan fingerprint density at radius 2 is 1.89 bits per heavy atom. The first-order valence-electron chi connectivity index (χ1n) is 9.94. The third kappa shape index (κ3) is 6.97. The Morgan fingerprint density at radius 1 is 1.14 bits per heavy atom. The number of aryl methyl sites for hydroxylation is 1. The topological polar surface area (TPSA) is 58.2 Å². The highest BCUT2D eigenvalue weighted by Crippen LogP contribution is 2.15. The van der Waals surface area contributed by atoms with Gasteiger partial charge in [0.1, 0.15) is 5.70 Å². The zero-order valence-electron chi connectivity index (χ0n) is 17.0. The lowest BCUT2D eigenvalue weighted by atomic mass is 9.99. The maximum Gasteiger partial charge on any atom is 0.267 e. The van der Waals surface area contributed by atoms with Crippen molar-refractivity contribution >= 4 is 29.2 Å². The normalized spacial score (nSPS) is 12.5. The largest absolute Gasteiger partial charge is 0.350 e. The molecule has 28 heavy (non-hydrogen) atoms. The molecule has 1 aromatic heterocycles. The Kier molecular flexibility index (Phi) is 8.95. The smallest absolute Gasteiger partial charge is 0.267 e.